The van der Waals surface area contributed by atoms with Crippen molar-refractivity contribution in [3.8, 4) is 5.82 Å². The van der Waals surface area contributed by atoms with Gasteiger partial charge in [0.05, 0.1) is 6.54 Å². The number of nitrogens with one attached hydrogen (secondary N) is 1. The van der Waals surface area contributed by atoms with Crippen LogP contribution in [0.15, 0.2) is 66.2 Å². The predicted octanol–water partition coefficient (Wildman–Crippen LogP) is 4.02. The third-order valence-corrected chi connectivity index (χ3v) is 6.53. The van der Waals surface area contributed by atoms with E-state index < -0.39 is 0 Å². The Hall–Kier alpha value is -3.78. The molecule has 4 aromatic rings. The summed E-state index contributed by atoms with van der Waals surface area (Å²) >= 11 is 0. The van der Waals surface area contributed by atoms with Gasteiger partial charge in [0.25, 0.3) is 5.56 Å². The number of aryl methyl sites for hydroxylation is 1. The van der Waals surface area contributed by atoms with E-state index in [1.807, 2.05) is 18.2 Å². The van der Waals surface area contributed by atoms with E-state index >= 15 is 0 Å². The first kappa shape index (κ1) is 22.0. The lowest BCUT2D eigenvalue weighted by atomic mass is 9.87. The number of pyridine rings is 1. The summed E-state index contributed by atoms with van der Waals surface area (Å²) in [5.41, 5.74) is 3.93. The van der Waals surface area contributed by atoms with Crippen molar-refractivity contribution in [2.75, 3.05) is 25.5 Å². The maximum atomic E-state index is 13.0. The van der Waals surface area contributed by atoms with Crippen molar-refractivity contribution in [3.05, 3.63) is 82.9 Å². The molecule has 0 atom stereocenters. The summed E-state index contributed by atoms with van der Waals surface area (Å²) in [7, 11) is 2.19. The van der Waals surface area contributed by atoms with Crippen LogP contribution >= 0.6 is 0 Å². The standard InChI is InChI=1S/C26H29N7O/c1-4-13-32-25(34)22-17-28-26(30-24(22)33(32)23-7-5-6-12-27-23)29-20-8-9-21(18(2)16-20)19-10-14-31(3)15-11-19/h4-9,12,16-17,19H,1,10-11,13-15H2,2-3H3,(H,28,29,30). The molecule has 0 unspecified atom stereocenters. The van der Waals surface area contributed by atoms with E-state index in [2.05, 4.69) is 58.9 Å². The summed E-state index contributed by atoms with van der Waals surface area (Å²) in [6.07, 6.45) is 7.33. The number of aromatic nitrogens is 5. The molecular formula is C26H29N7O. The number of nitrogens with zero attached hydrogens (tertiary/aromatic N) is 6. The molecule has 3 aromatic heterocycles. The molecular weight excluding hydrogens is 426 g/mol. The molecule has 1 fully saturated rings. The maximum Gasteiger partial charge on any atom is 0.278 e. The number of hydrogen-bond acceptors (Lipinski definition) is 6. The molecule has 5 rings (SSSR count). The van der Waals surface area contributed by atoms with E-state index in [0.29, 0.717) is 35.3 Å². The van der Waals surface area contributed by atoms with Crippen molar-refractivity contribution in [1.29, 1.82) is 0 Å². The largest absolute Gasteiger partial charge is 0.324 e. The summed E-state index contributed by atoms with van der Waals surface area (Å²) in [4.78, 5) is 28.9. The molecule has 174 valence electrons. The molecule has 8 heteroatoms. The molecule has 0 saturated carbocycles. The van der Waals surface area contributed by atoms with Crippen LogP contribution in [-0.4, -0.2) is 49.4 Å². The molecule has 1 aliphatic rings. The lowest BCUT2D eigenvalue weighted by Crippen LogP contribution is -2.29. The number of fused-ring (bicyclic) bond motifs is 1. The second kappa shape index (κ2) is 9.23. The van der Waals surface area contributed by atoms with Gasteiger partial charge in [-0.25, -0.2) is 19.3 Å². The van der Waals surface area contributed by atoms with E-state index in [0.717, 1.165) is 18.8 Å². The quantitative estimate of drug-likeness (QED) is 0.442. The van der Waals surface area contributed by atoms with Crippen LogP contribution in [0.3, 0.4) is 0 Å². The highest BCUT2D eigenvalue weighted by Crippen LogP contribution is 2.31. The van der Waals surface area contributed by atoms with E-state index in [-0.39, 0.29) is 5.56 Å². The van der Waals surface area contributed by atoms with Crippen LogP contribution in [0, 0.1) is 6.92 Å². The van der Waals surface area contributed by atoms with Gasteiger partial charge in [-0.05, 0) is 81.2 Å². The Kier molecular flexibility index (Phi) is 5.98. The summed E-state index contributed by atoms with van der Waals surface area (Å²) in [6.45, 7) is 8.57. The minimum atomic E-state index is -0.176. The van der Waals surface area contributed by atoms with E-state index in [1.165, 1.54) is 24.0 Å². The van der Waals surface area contributed by atoms with Crippen molar-refractivity contribution in [2.24, 2.45) is 0 Å². The first-order valence-corrected chi connectivity index (χ1v) is 11.6. The average Bonchev–Trinajstić information content (AvgIpc) is 3.11. The number of hydrogen-bond donors (Lipinski definition) is 1. The highest BCUT2D eigenvalue weighted by Gasteiger charge is 2.20. The SMILES string of the molecule is C=CCn1c(=O)c2cnc(Nc3ccc(C4CCN(C)CC4)c(C)c3)nc2n1-c1ccccn1. The molecule has 0 bridgehead atoms. The Morgan fingerprint density at radius 2 is 2.00 bits per heavy atom. The molecule has 0 radical (unpaired) electrons. The van der Waals surface area contributed by atoms with Crippen molar-refractivity contribution in [1.82, 2.24) is 29.2 Å². The third-order valence-electron chi connectivity index (χ3n) is 6.53. The van der Waals surface area contributed by atoms with E-state index in [1.54, 1.807) is 27.8 Å². The van der Waals surface area contributed by atoms with E-state index in [9.17, 15) is 4.79 Å². The molecule has 8 nitrogen and oxygen atoms in total. The van der Waals surface area contributed by atoms with Crippen molar-refractivity contribution in [3.63, 3.8) is 0 Å². The van der Waals surface area contributed by atoms with Crippen LogP contribution in [0.4, 0.5) is 11.6 Å². The second-order valence-electron chi connectivity index (χ2n) is 8.88. The number of allylic oxidation sites excluding steroid dienone is 1. The summed E-state index contributed by atoms with van der Waals surface area (Å²) in [5.74, 6) is 1.65. The molecule has 34 heavy (non-hydrogen) atoms. The Labute approximate surface area is 198 Å². The van der Waals surface area contributed by atoms with Gasteiger partial charge in [-0.1, -0.05) is 18.2 Å². The first-order valence-electron chi connectivity index (χ1n) is 11.6. The number of piperidine rings is 1. The zero-order chi connectivity index (χ0) is 23.7. The number of rotatable bonds is 6. The summed E-state index contributed by atoms with van der Waals surface area (Å²) < 4.78 is 3.29. The van der Waals surface area contributed by atoms with Gasteiger partial charge < -0.3 is 10.2 Å². The molecule has 1 aliphatic heterocycles. The number of likely N-dealkylation sites (tertiary alicyclic amines) is 1. The van der Waals surface area contributed by atoms with Crippen molar-refractivity contribution < 1.29 is 0 Å². The van der Waals surface area contributed by atoms with Crippen LogP contribution in [0.5, 0.6) is 0 Å². The van der Waals surface area contributed by atoms with Crippen LogP contribution in [0.25, 0.3) is 16.9 Å². The average molecular weight is 456 g/mol. The molecule has 0 aliphatic carbocycles. The van der Waals surface area contributed by atoms with Gasteiger partial charge >= 0.3 is 0 Å². The second-order valence-corrected chi connectivity index (χ2v) is 8.88. The summed E-state index contributed by atoms with van der Waals surface area (Å²) in [5, 5.41) is 3.75. The van der Waals surface area contributed by atoms with Crippen LogP contribution in [-0.2, 0) is 6.54 Å². The Bertz CT molecular complexity index is 1380. The van der Waals surface area contributed by atoms with Crippen LogP contribution < -0.4 is 10.9 Å². The topological polar surface area (TPSA) is 80.9 Å². The number of anilines is 2. The minimum Gasteiger partial charge on any atom is -0.324 e. The molecule has 1 aromatic carbocycles. The first-order chi connectivity index (χ1) is 16.5. The van der Waals surface area contributed by atoms with E-state index in [4.69, 9.17) is 4.98 Å². The van der Waals surface area contributed by atoms with Gasteiger partial charge in [-0.15, -0.1) is 6.58 Å². The van der Waals surface area contributed by atoms with Gasteiger partial charge in [0.2, 0.25) is 5.95 Å². The van der Waals surface area contributed by atoms with Crippen molar-refractivity contribution in [2.45, 2.75) is 32.2 Å². The van der Waals surface area contributed by atoms with Crippen LogP contribution in [0.1, 0.15) is 29.9 Å². The normalized spacial score (nSPS) is 15.0. The third kappa shape index (κ3) is 4.12. The lowest BCUT2D eigenvalue weighted by molar-refractivity contribution is 0.255. The van der Waals surface area contributed by atoms with Gasteiger partial charge in [0.1, 0.15) is 5.39 Å². The maximum absolute atomic E-state index is 13.0. The van der Waals surface area contributed by atoms with Gasteiger partial charge in [-0.3, -0.25) is 4.79 Å². The fraction of sp³-hybridized carbons (Fsp3) is 0.308. The fourth-order valence-electron chi connectivity index (χ4n) is 4.75. The fourth-order valence-corrected chi connectivity index (χ4v) is 4.75. The molecule has 4 heterocycles. The van der Waals surface area contributed by atoms with Gasteiger partial charge in [0, 0.05) is 18.1 Å². The predicted molar refractivity (Wildman–Crippen MR) is 135 cm³/mol. The van der Waals surface area contributed by atoms with Crippen LogP contribution in [0.2, 0.25) is 0 Å². The number of benzene rings is 1. The van der Waals surface area contributed by atoms with Crippen molar-refractivity contribution >= 4 is 22.7 Å². The highest BCUT2D eigenvalue weighted by molar-refractivity contribution is 5.77. The zero-order valence-corrected chi connectivity index (χ0v) is 19.6. The highest BCUT2D eigenvalue weighted by atomic mass is 16.1. The molecule has 0 amide bonds. The molecule has 1 N–H and O–H groups in total. The monoisotopic (exact) mass is 455 g/mol. The lowest BCUT2D eigenvalue weighted by Gasteiger charge is -2.30. The molecule has 0 spiro atoms. The minimum absolute atomic E-state index is 0.176. The molecule has 1 saturated heterocycles. The smallest absolute Gasteiger partial charge is 0.278 e. The van der Waals surface area contributed by atoms with Gasteiger partial charge in [0.15, 0.2) is 11.5 Å². The Morgan fingerprint density at radius 3 is 2.71 bits per heavy atom. The zero-order valence-electron chi connectivity index (χ0n) is 19.6. The van der Waals surface area contributed by atoms with Gasteiger partial charge in [-0.2, -0.15) is 4.98 Å². The Morgan fingerprint density at radius 1 is 1.18 bits per heavy atom. The Balaban J connectivity index is 1.49. The summed E-state index contributed by atoms with van der Waals surface area (Å²) in [6, 6.07) is 12.0.